The van der Waals surface area contributed by atoms with Crippen LogP contribution in [-0.4, -0.2) is 11.3 Å². The lowest BCUT2D eigenvalue weighted by atomic mass is 9.73. The second-order valence-electron chi connectivity index (χ2n) is 5.69. The molecule has 0 aliphatic heterocycles. The van der Waals surface area contributed by atoms with Gasteiger partial charge in [0.05, 0.1) is 5.54 Å². The molecule has 0 bridgehead atoms. The lowest BCUT2D eigenvalue weighted by Gasteiger charge is -2.34. The molecular weight excluding hydrogens is 174 g/mol. The predicted molar refractivity (Wildman–Crippen MR) is 61.1 cm³/mol. The molecule has 0 amide bonds. The first-order valence-corrected chi connectivity index (χ1v) is 5.47. The third-order valence-electron chi connectivity index (χ3n) is 2.54. The van der Waals surface area contributed by atoms with Crippen LogP contribution in [0.1, 0.15) is 54.4 Å². The molecule has 0 aromatic rings. The molecule has 1 atom stereocenters. The van der Waals surface area contributed by atoms with E-state index in [1.54, 1.807) is 0 Å². The van der Waals surface area contributed by atoms with Gasteiger partial charge in [-0.15, -0.1) is 0 Å². The van der Waals surface area contributed by atoms with Gasteiger partial charge in [-0.25, -0.2) is 0 Å². The highest BCUT2D eigenvalue weighted by atomic mass is 16.1. The maximum Gasteiger partial charge on any atom is 0.157 e. The van der Waals surface area contributed by atoms with Gasteiger partial charge in [-0.1, -0.05) is 41.5 Å². The summed E-state index contributed by atoms with van der Waals surface area (Å²) in [6.45, 7) is 12.0. The van der Waals surface area contributed by atoms with E-state index in [-0.39, 0.29) is 11.2 Å². The lowest BCUT2D eigenvalue weighted by molar-refractivity contribution is -0.132. The Kier molecular flexibility index (Phi) is 4.32. The number of hydrogen-bond acceptors (Lipinski definition) is 2. The van der Waals surface area contributed by atoms with Crippen LogP contribution in [0.2, 0.25) is 0 Å². The molecule has 0 saturated carbocycles. The molecule has 0 radical (unpaired) electrons. The van der Waals surface area contributed by atoms with E-state index in [2.05, 4.69) is 13.8 Å². The van der Waals surface area contributed by atoms with Crippen LogP contribution in [0, 0.1) is 11.3 Å². The zero-order valence-corrected chi connectivity index (χ0v) is 10.5. The third-order valence-corrected chi connectivity index (χ3v) is 2.54. The summed E-state index contributed by atoms with van der Waals surface area (Å²) in [5.41, 5.74) is 5.21. The van der Waals surface area contributed by atoms with Gasteiger partial charge in [-0.05, 0) is 18.8 Å². The van der Waals surface area contributed by atoms with Gasteiger partial charge in [0.1, 0.15) is 0 Å². The molecule has 0 aliphatic carbocycles. The van der Waals surface area contributed by atoms with Crippen molar-refractivity contribution in [2.24, 2.45) is 17.1 Å². The molecule has 0 spiro atoms. The predicted octanol–water partition coefficient (Wildman–Crippen LogP) is 2.76. The van der Waals surface area contributed by atoms with Crippen LogP contribution in [-0.2, 0) is 4.79 Å². The van der Waals surface area contributed by atoms with Crippen LogP contribution in [0.5, 0.6) is 0 Å². The van der Waals surface area contributed by atoms with Crippen molar-refractivity contribution in [1.82, 2.24) is 0 Å². The molecule has 2 heteroatoms. The maximum atomic E-state index is 12.1. The molecule has 0 heterocycles. The zero-order chi connectivity index (χ0) is 11.6. The number of nitrogens with two attached hydrogens (primary N) is 1. The topological polar surface area (TPSA) is 43.1 Å². The van der Waals surface area contributed by atoms with E-state index in [9.17, 15) is 4.79 Å². The minimum absolute atomic E-state index is 0.182. The monoisotopic (exact) mass is 199 g/mol. The van der Waals surface area contributed by atoms with Crippen molar-refractivity contribution in [2.45, 2.75) is 59.9 Å². The summed E-state index contributed by atoms with van der Waals surface area (Å²) in [7, 11) is 0. The second-order valence-corrected chi connectivity index (χ2v) is 5.69. The van der Waals surface area contributed by atoms with Gasteiger partial charge in [-0.2, -0.15) is 0 Å². The molecule has 0 fully saturated rings. The Hall–Kier alpha value is -0.370. The van der Waals surface area contributed by atoms with Gasteiger partial charge in [0.2, 0.25) is 0 Å². The first kappa shape index (κ1) is 13.6. The van der Waals surface area contributed by atoms with Gasteiger partial charge < -0.3 is 5.73 Å². The van der Waals surface area contributed by atoms with Crippen LogP contribution in [0.4, 0.5) is 0 Å². The first-order chi connectivity index (χ1) is 6.13. The minimum Gasteiger partial charge on any atom is -0.319 e. The smallest absolute Gasteiger partial charge is 0.157 e. The molecule has 0 aromatic heterocycles. The summed E-state index contributed by atoms with van der Waals surface area (Å²) < 4.78 is 0. The Bertz CT molecular complexity index is 203. The molecular formula is C12H25NO. The van der Waals surface area contributed by atoms with Crippen molar-refractivity contribution in [3.63, 3.8) is 0 Å². The molecule has 84 valence electrons. The van der Waals surface area contributed by atoms with E-state index in [0.717, 1.165) is 12.8 Å². The molecule has 0 rings (SSSR count). The van der Waals surface area contributed by atoms with Crippen LogP contribution in [0.3, 0.4) is 0 Å². The van der Waals surface area contributed by atoms with E-state index in [1.165, 1.54) is 0 Å². The molecule has 0 aliphatic rings. The Morgan fingerprint density at radius 3 is 1.93 bits per heavy atom. The van der Waals surface area contributed by atoms with Gasteiger partial charge in [0, 0.05) is 5.41 Å². The van der Waals surface area contributed by atoms with Gasteiger partial charge in [0.15, 0.2) is 5.78 Å². The fourth-order valence-corrected chi connectivity index (χ4v) is 1.87. The van der Waals surface area contributed by atoms with E-state index >= 15 is 0 Å². The molecule has 14 heavy (non-hydrogen) atoms. The first-order valence-electron chi connectivity index (χ1n) is 5.47. The number of carbonyl (C=O) groups is 1. The lowest BCUT2D eigenvalue weighted by Crippen LogP contribution is -2.53. The number of rotatable bonds is 4. The van der Waals surface area contributed by atoms with Crippen molar-refractivity contribution in [1.29, 1.82) is 0 Å². The summed E-state index contributed by atoms with van der Waals surface area (Å²) in [6, 6.07) is 0. The van der Waals surface area contributed by atoms with Crippen LogP contribution < -0.4 is 5.73 Å². The number of Topliss-reactive ketones (excluding diaryl/α,β-unsaturated/α-hetero) is 1. The van der Waals surface area contributed by atoms with Gasteiger partial charge in [-0.3, -0.25) is 4.79 Å². The number of ketones is 1. The van der Waals surface area contributed by atoms with Crippen molar-refractivity contribution < 1.29 is 4.79 Å². The Morgan fingerprint density at radius 1 is 1.29 bits per heavy atom. The summed E-state index contributed by atoms with van der Waals surface area (Å²) in [6.07, 6.45) is 1.50. The number of carbonyl (C=O) groups excluding carboxylic acids is 1. The largest absolute Gasteiger partial charge is 0.319 e. The minimum atomic E-state index is -0.633. The molecule has 2 nitrogen and oxygen atoms in total. The maximum absolute atomic E-state index is 12.1. The average molecular weight is 199 g/mol. The standard InChI is InChI=1S/C12H25NO/c1-7-12(13,8-9(2)3)10(14)11(4,5)6/h9H,7-8,13H2,1-6H3. The van der Waals surface area contributed by atoms with E-state index in [4.69, 9.17) is 5.73 Å². The van der Waals surface area contributed by atoms with Crippen molar-refractivity contribution >= 4 is 5.78 Å². The average Bonchev–Trinajstić information content (AvgIpc) is 2.00. The van der Waals surface area contributed by atoms with Gasteiger partial charge in [0.25, 0.3) is 0 Å². The Balaban J connectivity index is 4.78. The molecule has 0 saturated heterocycles. The van der Waals surface area contributed by atoms with E-state index in [0.29, 0.717) is 5.92 Å². The Morgan fingerprint density at radius 2 is 1.71 bits per heavy atom. The van der Waals surface area contributed by atoms with Crippen LogP contribution >= 0.6 is 0 Å². The number of hydrogen-bond donors (Lipinski definition) is 1. The van der Waals surface area contributed by atoms with Crippen LogP contribution in [0.15, 0.2) is 0 Å². The quantitative estimate of drug-likeness (QED) is 0.756. The van der Waals surface area contributed by atoms with Crippen molar-refractivity contribution in [3.05, 3.63) is 0 Å². The fraction of sp³-hybridized carbons (Fsp3) is 0.917. The van der Waals surface area contributed by atoms with E-state index < -0.39 is 5.54 Å². The summed E-state index contributed by atoms with van der Waals surface area (Å²) in [5.74, 6) is 0.646. The highest BCUT2D eigenvalue weighted by Crippen LogP contribution is 2.28. The molecule has 2 N–H and O–H groups in total. The normalized spacial score (nSPS) is 16.9. The van der Waals surface area contributed by atoms with E-state index in [1.807, 2.05) is 27.7 Å². The summed E-state index contributed by atoms with van der Waals surface area (Å²) in [5, 5.41) is 0. The third kappa shape index (κ3) is 3.41. The molecule has 0 aromatic carbocycles. The fourth-order valence-electron chi connectivity index (χ4n) is 1.87. The molecule has 1 unspecified atom stereocenters. The highest BCUT2D eigenvalue weighted by molar-refractivity contribution is 5.92. The van der Waals surface area contributed by atoms with Crippen molar-refractivity contribution in [2.75, 3.05) is 0 Å². The van der Waals surface area contributed by atoms with Gasteiger partial charge >= 0.3 is 0 Å². The highest BCUT2D eigenvalue weighted by Gasteiger charge is 2.39. The SMILES string of the molecule is CCC(N)(CC(C)C)C(=O)C(C)(C)C. The summed E-state index contributed by atoms with van der Waals surface area (Å²) >= 11 is 0. The van der Waals surface area contributed by atoms with Crippen molar-refractivity contribution in [3.8, 4) is 0 Å². The Labute approximate surface area is 88.3 Å². The van der Waals surface area contributed by atoms with Crippen LogP contribution in [0.25, 0.3) is 0 Å². The second kappa shape index (κ2) is 4.43. The summed E-state index contributed by atoms with van der Waals surface area (Å²) in [4.78, 5) is 12.1. The zero-order valence-electron chi connectivity index (χ0n) is 10.5.